The number of methoxy groups -OCH3 is 1. The van der Waals surface area contributed by atoms with Crippen molar-refractivity contribution in [3.63, 3.8) is 0 Å². The van der Waals surface area contributed by atoms with Gasteiger partial charge in [-0.1, -0.05) is 23.7 Å². The van der Waals surface area contributed by atoms with Crippen LogP contribution in [0.1, 0.15) is 18.5 Å². The minimum atomic E-state index is -0.0918. The maximum atomic E-state index is 6.23. The van der Waals surface area contributed by atoms with Gasteiger partial charge < -0.3 is 15.4 Å². The molecule has 0 unspecified atom stereocenters. The van der Waals surface area contributed by atoms with E-state index in [4.69, 9.17) is 27.1 Å². The van der Waals surface area contributed by atoms with Gasteiger partial charge in [0.1, 0.15) is 5.82 Å². The Morgan fingerprint density at radius 2 is 2.05 bits per heavy atom. The third kappa shape index (κ3) is 4.61. The minimum Gasteiger partial charge on any atom is -0.383 e. The molecule has 22 heavy (non-hydrogen) atoms. The van der Waals surface area contributed by atoms with Gasteiger partial charge >= 0.3 is 0 Å². The summed E-state index contributed by atoms with van der Waals surface area (Å²) in [7, 11) is 3.67. The molecule has 1 aromatic carbocycles. The van der Waals surface area contributed by atoms with Crippen LogP contribution in [-0.4, -0.2) is 32.3 Å². The number of likely N-dealkylation sites (N-methyl/N-ethyl adjacent to an activating group) is 1. The molecule has 0 aliphatic carbocycles. The standard InChI is InChI=1S/C15H20ClN3O.2ClH/c1-10(17)12-9-11-5-4-6-13(16)14(11)18-15(12)19(2)7-8-20-3;;/h4-6,9-10H,7-8,17H2,1-3H3;2*1H/t10-;;/m0../s1. The molecule has 0 saturated carbocycles. The lowest BCUT2D eigenvalue weighted by Crippen LogP contribution is -2.25. The van der Waals surface area contributed by atoms with E-state index in [2.05, 4.69) is 6.07 Å². The van der Waals surface area contributed by atoms with Gasteiger partial charge in [0.15, 0.2) is 0 Å². The van der Waals surface area contributed by atoms with Gasteiger partial charge in [0.25, 0.3) is 0 Å². The van der Waals surface area contributed by atoms with Gasteiger partial charge in [-0.15, -0.1) is 24.8 Å². The number of anilines is 1. The highest BCUT2D eigenvalue weighted by Gasteiger charge is 2.15. The first-order valence-electron chi connectivity index (χ1n) is 6.59. The Labute approximate surface area is 148 Å². The van der Waals surface area contributed by atoms with Crippen molar-refractivity contribution in [2.24, 2.45) is 5.73 Å². The smallest absolute Gasteiger partial charge is 0.133 e. The topological polar surface area (TPSA) is 51.4 Å². The molecule has 7 heteroatoms. The number of hydrogen-bond acceptors (Lipinski definition) is 4. The van der Waals surface area contributed by atoms with E-state index >= 15 is 0 Å². The minimum absolute atomic E-state index is 0. The molecule has 0 aliphatic rings. The highest BCUT2D eigenvalue weighted by molar-refractivity contribution is 6.35. The van der Waals surface area contributed by atoms with Crippen LogP contribution in [0.2, 0.25) is 5.02 Å². The summed E-state index contributed by atoms with van der Waals surface area (Å²) in [5, 5.41) is 1.66. The molecule has 0 aliphatic heterocycles. The Morgan fingerprint density at radius 3 is 2.64 bits per heavy atom. The molecule has 2 rings (SSSR count). The molecule has 0 amide bonds. The average Bonchev–Trinajstić information content (AvgIpc) is 2.43. The highest BCUT2D eigenvalue weighted by Crippen LogP contribution is 2.30. The summed E-state index contributed by atoms with van der Waals surface area (Å²) in [5.41, 5.74) is 7.90. The van der Waals surface area contributed by atoms with Gasteiger partial charge in [0, 0.05) is 37.7 Å². The molecule has 1 heterocycles. The van der Waals surface area contributed by atoms with Crippen LogP contribution in [-0.2, 0) is 4.74 Å². The van der Waals surface area contributed by atoms with Gasteiger partial charge in [-0.2, -0.15) is 0 Å². The number of nitrogens with zero attached hydrogens (tertiary/aromatic N) is 2. The first-order chi connectivity index (χ1) is 9.54. The number of halogens is 3. The number of para-hydroxylation sites is 1. The molecular formula is C15H22Cl3N3O. The zero-order valence-corrected chi connectivity index (χ0v) is 15.3. The Bertz CT molecular complexity index is 608. The van der Waals surface area contributed by atoms with Crippen molar-refractivity contribution in [3.8, 4) is 0 Å². The summed E-state index contributed by atoms with van der Waals surface area (Å²) < 4.78 is 5.12. The van der Waals surface area contributed by atoms with Crippen LogP contribution < -0.4 is 10.6 Å². The van der Waals surface area contributed by atoms with Crippen LogP contribution in [0, 0.1) is 0 Å². The molecule has 1 aromatic heterocycles. The van der Waals surface area contributed by atoms with E-state index in [9.17, 15) is 0 Å². The van der Waals surface area contributed by atoms with Crippen molar-refractivity contribution in [3.05, 3.63) is 34.9 Å². The number of nitrogens with two attached hydrogens (primary N) is 1. The maximum absolute atomic E-state index is 6.23. The molecule has 124 valence electrons. The Morgan fingerprint density at radius 1 is 1.36 bits per heavy atom. The quantitative estimate of drug-likeness (QED) is 0.873. The van der Waals surface area contributed by atoms with E-state index < -0.39 is 0 Å². The monoisotopic (exact) mass is 365 g/mol. The zero-order valence-electron chi connectivity index (χ0n) is 12.9. The van der Waals surface area contributed by atoms with Crippen LogP contribution in [0.3, 0.4) is 0 Å². The van der Waals surface area contributed by atoms with Gasteiger partial charge in [0.2, 0.25) is 0 Å². The molecule has 4 nitrogen and oxygen atoms in total. The van der Waals surface area contributed by atoms with E-state index in [1.807, 2.05) is 37.1 Å². The normalized spacial score (nSPS) is 11.5. The predicted molar refractivity (Wildman–Crippen MR) is 99.0 cm³/mol. The number of hydrogen-bond donors (Lipinski definition) is 1. The van der Waals surface area contributed by atoms with Crippen molar-refractivity contribution in [1.29, 1.82) is 0 Å². The number of aromatic nitrogens is 1. The van der Waals surface area contributed by atoms with Crippen LogP contribution in [0.5, 0.6) is 0 Å². The number of fused-ring (bicyclic) bond motifs is 1. The summed E-state index contributed by atoms with van der Waals surface area (Å²) in [4.78, 5) is 6.75. The molecule has 0 bridgehead atoms. The molecule has 0 spiro atoms. The van der Waals surface area contributed by atoms with Crippen molar-refractivity contribution in [2.45, 2.75) is 13.0 Å². The lowest BCUT2D eigenvalue weighted by Gasteiger charge is -2.23. The summed E-state index contributed by atoms with van der Waals surface area (Å²) in [6, 6.07) is 7.75. The number of pyridine rings is 1. The predicted octanol–water partition coefficient (Wildman–Crippen LogP) is 3.83. The summed E-state index contributed by atoms with van der Waals surface area (Å²) >= 11 is 6.23. The largest absolute Gasteiger partial charge is 0.383 e. The van der Waals surface area contributed by atoms with Gasteiger partial charge in [-0.3, -0.25) is 0 Å². The SMILES string of the molecule is COCCN(C)c1nc2c(Cl)cccc2cc1[C@H](C)N.Cl.Cl. The highest BCUT2D eigenvalue weighted by atomic mass is 35.5. The van der Waals surface area contributed by atoms with E-state index in [1.54, 1.807) is 7.11 Å². The zero-order chi connectivity index (χ0) is 14.7. The second kappa shape index (κ2) is 9.38. The third-order valence-corrected chi connectivity index (χ3v) is 3.59. The van der Waals surface area contributed by atoms with Gasteiger partial charge in [0.05, 0.1) is 17.1 Å². The van der Waals surface area contributed by atoms with Crippen LogP contribution >= 0.6 is 36.4 Å². The Balaban J connectivity index is 0.00000220. The molecule has 0 saturated heterocycles. The van der Waals surface area contributed by atoms with Crippen molar-refractivity contribution in [1.82, 2.24) is 4.98 Å². The van der Waals surface area contributed by atoms with E-state index in [-0.39, 0.29) is 30.9 Å². The molecular weight excluding hydrogens is 345 g/mol. The number of benzene rings is 1. The van der Waals surface area contributed by atoms with E-state index in [1.165, 1.54) is 0 Å². The molecule has 1 atom stereocenters. The summed E-state index contributed by atoms with van der Waals surface area (Å²) in [5.74, 6) is 0.859. The first-order valence-corrected chi connectivity index (χ1v) is 6.97. The molecule has 0 radical (unpaired) electrons. The second-order valence-electron chi connectivity index (χ2n) is 4.92. The lowest BCUT2D eigenvalue weighted by atomic mass is 10.1. The van der Waals surface area contributed by atoms with Gasteiger partial charge in [-0.25, -0.2) is 4.98 Å². The fourth-order valence-electron chi connectivity index (χ4n) is 2.14. The summed E-state index contributed by atoms with van der Waals surface area (Å²) in [6.07, 6.45) is 0. The Kier molecular flexibility index (Phi) is 9.05. The summed E-state index contributed by atoms with van der Waals surface area (Å²) in [6.45, 7) is 3.34. The van der Waals surface area contributed by atoms with Crippen molar-refractivity contribution >= 4 is 53.1 Å². The van der Waals surface area contributed by atoms with Crippen molar-refractivity contribution in [2.75, 3.05) is 32.2 Å². The first kappa shape index (κ1) is 21.2. The number of ether oxygens (including phenoxy) is 1. The Hall–Kier alpha value is -0.780. The molecule has 2 aromatic rings. The fraction of sp³-hybridized carbons (Fsp3) is 0.400. The van der Waals surface area contributed by atoms with Crippen LogP contribution in [0.4, 0.5) is 5.82 Å². The van der Waals surface area contributed by atoms with E-state index in [0.29, 0.717) is 11.6 Å². The second-order valence-corrected chi connectivity index (χ2v) is 5.32. The maximum Gasteiger partial charge on any atom is 0.133 e. The molecule has 2 N–H and O–H groups in total. The lowest BCUT2D eigenvalue weighted by molar-refractivity contribution is 0.206. The average molecular weight is 367 g/mol. The van der Waals surface area contributed by atoms with Gasteiger partial charge in [-0.05, 0) is 19.1 Å². The van der Waals surface area contributed by atoms with Crippen molar-refractivity contribution < 1.29 is 4.74 Å². The van der Waals surface area contributed by atoms with Crippen LogP contribution in [0.15, 0.2) is 24.3 Å². The fourth-order valence-corrected chi connectivity index (χ4v) is 2.37. The van der Waals surface area contributed by atoms with Crippen LogP contribution in [0.25, 0.3) is 10.9 Å². The molecule has 0 fully saturated rings. The number of rotatable bonds is 5. The third-order valence-electron chi connectivity index (χ3n) is 3.29. The van der Waals surface area contributed by atoms with E-state index in [0.717, 1.165) is 28.8 Å².